The van der Waals surface area contributed by atoms with Crippen molar-refractivity contribution in [3.8, 4) is 11.1 Å². The molecule has 0 saturated carbocycles. The van der Waals surface area contributed by atoms with Crippen LogP contribution < -0.4 is 5.32 Å². The van der Waals surface area contributed by atoms with Gasteiger partial charge in [0.05, 0.1) is 5.52 Å². The van der Waals surface area contributed by atoms with Crippen molar-refractivity contribution in [1.82, 2.24) is 25.2 Å². The maximum atomic E-state index is 15.8. The number of amides is 1. The van der Waals surface area contributed by atoms with Gasteiger partial charge in [-0.3, -0.25) is 4.79 Å². The molecule has 8 heteroatoms. The van der Waals surface area contributed by atoms with Gasteiger partial charge in [0.25, 0.3) is 5.91 Å². The molecule has 0 spiro atoms. The summed E-state index contributed by atoms with van der Waals surface area (Å²) >= 11 is 0. The lowest BCUT2D eigenvalue weighted by Crippen LogP contribution is -2.49. The van der Waals surface area contributed by atoms with Gasteiger partial charge >= 0.3 is 0 Å². The van der Waals surface area contributed by atoms with E-state index in [0.717, 1.165) is 52.7 Å². The molecule has 0 radical (unpaired) electrons. The lowest BCUT2D eigenvalue weighted by molar-refractivity contribution is 0.0611. The predicted molar refractivity (Wildman–Crippen MR) is 209 cm³/mol. The van der Waals surface area contributed by atoms with Crippen LogP contribution in [0.15, 0.2) is 152 Å². The smallest absolute Gasteiger partial charge is 0.254 e. The van der Waals surface area contributed by atoms with Crippen molar-refractivity contribution in [3.05, 3.63) is 191 Å². The van der Waals surface area contributed by atoms with Crippen molar-refractivity contribution < 1.29 is 13.6 Å². The largest absolute Gasteiger partial charge is 0.330 e. The fraction of sp³-hybridized carbons (Fsp3) is 0.196. The van der Waals surface area contributed by atoms with E-state index < -0.39 is 17.2 Å². The summed E-state index contributed by atoms with van der Waals surface area (Å²) in [6.07, 6.45) is 2.63. The second-order valence-electron chi connectivity index (χ2n) is 13.9. The van der Waals surface area contributed by atoms with Crippen LogP contribution in [0, 0.1) is 11.6 Å². The number of fused-ring (bicyclic) bond motifs is 1. The normalized spacial score (nSPS) is 15.0. The molecule has 6 nitrogen and oxygen atoms in total. The zero-order chi connectivity index (χ0) is 37.1. The molecule has 1 fully saturated rings. The first-order valence-corrected chi connectivity index (χ1v) is 18.6. The lowest BCUT2D eigenvalue weighted by Gasteiger charge is -2.36. The number of carbonyl (C=O) groups excluding carboxylic acids is 1. The van der Waals surface area contributed by atoms with Crippen molar-refractivity contribution >= 4 is 16.9 Å². The van der Waals surface area contributed by atoms with Crippen molar-refractivity contribution in [2.45, 2.75) is 50.4 Å². The summed E-state index contributed by atoms with van der Waals surface area (Å²) in [5, 5.41) is 13.1. The van der Waals surface area contributed by atoms with Crippen LogP contribution >= 0.6 is 0 Å². The fourth-order valence-electron chi connectivity index (χ4n) is 8.17. The Balaban J connectivity index is 1.20. The molecule has 7 aromatic rings. The van der Waals surface area contributed by atoms with Crippen LogP contribution in [0.4, 0.5) is 8.78 Å². The van der Waals surface area contributed by atoms with Gasteiger partial charge < -0.3 is 10.2 Å². The molecular weight excluding hydrogens is 677 g/mol. The van der Waals surface area contributed by atoms with Gasteiger partial charge in [0.1, 0.15) is 22.7 Å². The second-order valence-corrected chi connectivity index (χ2v) is 13.9. The lowest BCUT2D eigenvalue weighted by atomic mass is 9.77. The molecule has 8 rings (SSSR count). The first kappa shape index (κ1) is 35.1. The van der Waals surface area contributed by atoms with Crippen LogP contribution in [0.5, 0.6) is 0 Å². The standard InChI is InChI=1S/C46H41F2N5O/c1-2-43(41-19-12-28-49-41)52(45(54)32-20-24-39(47)25-21-32)31-35-29-33(22-26-40(35)48)34-23-27-44-42(30-34)50-51-53(44)46(36-13-6-3-7-14-36,37-15-8-4-9-16-37)38-17-10-5-11-18-38/h3-11,13-18,20-27,29-30,41,43,49H,2,12,19,28,31H2,1H3. The van der Waals surface area contributed by atoms with Gasteiger partial charge in [0.15, 0.2) is 0 Å². The molecule has 2 unspecified atom stereocenters. The maximum absolute atomic E-state index is 15.8. The Morgan fingerprint density at radius 2 is 1.39 bits per heavy atom. The van der Waals surface area contributed by atoms with Crippen molar-refractivity contribution in [2.75, 3.05) is 6.54 Å². The van der Waals surface area contributed by atoms with Crippen molar-refractivity contribution in [2.24, 2.45) is 0 Å². The Morgan fingerprint density at radius 3 is 1.96 bits per heavy atom. The molecule has 1 amide bonds. The number of carbonyl (C=O) groups is 1. The molecule has 6 aromatic carbocycles. The highest BCUT2D eigenvalue weighted by Gasteiger charge is 2.41. The van der Waals surface area contributed by atoms with Gasteiger partial charge in [-0.25, -0.2) is 13.5 Å². The summed E-state index contributed by atoms with van der Waals surface area (Å²) < 4.78 is 31.6. The highest BCUT2D eigenvalue weighted by Crippen LogP contribution is 2.42. The van der Waals surface area contributed by atoms with Crippen LogP contribution in [0.3, 0.4) is 0 Å². The van der Waals surface area contributed by atoms with E-state index >= 15 is 4.39 Å². The Kier molecular flexibility index (Phi) is 9.85. The van der Waals surface area contributed by atoms with E-state index in [2.05, 4.69) is 41.7 Å². The fourth-order valence-corrected chi connectivity index (χ4v) is 8.17. The average Bonchev–Trinajstić information content (AvgIpc) is 3.91. The molecule has 2 atom stereocenters. The quantitative estimate of drug-likeness (QED) is 0.136. The minimum absolute atomic E-state index is 0.0682. The third kappa shape index (κ3) is 6.47. The minimum atomic E-state index is -0.826. The zero-order valence-electron chi connectivity index (χ0n) is 30.1. The van der Waals surface area contributed by atoms with E-state index in [1.54, 1.807) is 11.0 Å². The number of rotatable bonds is 11. The molecule has 1 aliphatic heterocycles. The summed E-state index contributed by atoms with van der Waals surface area (Å²) in [4.78, 5) is 15.8. The zero-order valence-corrected chi connectivity index (χ0v) is 30.1. The Bertz CT molecular complexity index is 2260. The summed E-state index contributed by atoms with van der Waals surface area (Å²) in [6.45, 7) is 2.99. The van der Waals surface area contributed by atoms with Gasteiger partial charge in [-0.05, 0) is 102 Å². The summed E-state index contributed by atoms with van der Waals surface area (Å²) in [7, 11) is 0. The third-order valence-electron chi connectivity index (χ3n) is 10.8. The van der Waals surface area contributed by atoms with Crippen molar-refractivity contribution in [3.63, 3.8) is 0 Å². The highest BCUT2D eigenvalue weighted by atomic mass is 19.1. The highest BCUT2D eigenvalue weighted by molar-refractivity contribution is 5.94. The van der Waals surface area contributed by atoms with E-state index in [1.807, 2.05) is 90.5 Å². The number of benzene rings is 6. The molecule has 2 heterocycles. The number of aromatic nitrogens is 3. The molecule has 1 aliphatic rings. The summed E-state index contributed by atoms with van der Waals surface area (Å²) in [5.74, 6) is -1.06. The summed E-state index contributed by atoms with van der Waals surface area (Å²) in [6, 6.07) is 47.6. The monoisotopic (exact) mass is 717 g/mol. The molecule has 0 aliphatic carbocycles. The number of hydrogen-bond donors (Lipinski definition) is 1. The van der Waals surface area contributed by atoms with Crippen LogP contribution in [-0.4, -0.2) is 44.4 Å². The van der Waals surface area contributed by atoms with E-state index in [0.29, 0.717) is 23.1 Å². The number of hydrogen-bond acceptors (Lipinski definition) is 4. The number of nitrogens with one attached hydrogen (secondary N) is 1. The first-order chi connectivity index (χ1) is 26.5. The molecular formula is C46H41F2N5O. The van der Waals surface area contributed by atoms with Crippen molar-refractivity contribution in [1.29, 1.82) is 0 Å². The SMILES string of the molecule is CCC(C1CCCN1)N(Cc1cc(-c2ccc3c(c2)nnn3C(c2ccccc2)(c2ccccc2)c2ccccc2)ccc1F)C(=O)c1ccc(F)cc1. The van der Waals surface area contributed by atoms with Gasteiger partial charge in [0, 0.05) is 29.8 Å². The Morgan fingerprint density at radius 1 is 0.796 bits per heavy atom. The van der Waals surface area contributed by atoms with Crippen LogP contribution in [0.25, 0.3) is 22.2 Å². The van der Waals surface area contributed by atoms with Gasteiger partial charge in [-0.1, -0.05) is 115 Å². The van der Waals surface area contributed by atoms with E-state index in [4.69, 9.17) is 10.3 Å². The van der Waals surface area contributed by atoms with E-state index in [-0.39, 0.29) is 24.5 Å². The minimum Gasteiger partial charge on any atom is -0.330 e. The Labute approximate surface area is 314 Å². The third-order valence-corrected chi connectivity index (χ3v) is 10.8. The number of nitrogens with zero attached hydrogens (tertiary/aromatic N) is 4. The number of halogens is 2. The first-order valence-electron chi connectivity index (χ1n) is 18.6. The van der Waals surface area contributed by atoms with Crippen LogP contribution in [-0.2, 0) is 12.1 Å². The second kappa shape index (κ2) is 15.2. The van der Waals surface area contributed by atoms with Gasteiger partial charge in [-0.15, -0.1) is 5.10 Å². The Hall–Kier alpha value is -5.99. The molecule has 1 N–H and O–H groups in total. The molecule has 0 bridgehead atoms. The predicted octanol–water partition coefficient (Wildman–Crippen LogP) is 9.39. The molecule has 1 saturated heterocycles. The van der Waals surface area contributed by atoms with Crippen LogP contribution in [0.1, 0.15) is 58.8 Å². The molecule has 270 valence electrons. The maximum Gasteiger partial charge on any atom is 0.254 e. The average molecular weight is 718 g/mol. The van der Waals surface area contributed by atoms with Gasteiger partial charge in [-0.2, -0.15) is 0 Å². The molecule has 1 aromatic heterocycles. The summed E-state index contributed by atoms with van der Waals surface area (Å²) in [5.41, 5.74) is 6.24. The topological polar surface area (TPSA) is 63.0 Å². The molecule has 54 heavy (non-hydrogen) atoms. The van der Waals surface area contributed by atoms with Gasteiger partial charge in [0.2, 0.25) is 0 Å². The van der Waals surface area contributed by atoms with E-state index in [1.165, 1.54) is 30.3 Å². The van der Waals surface area contributed by atoms with E-state index in [9.17, 15) is 9.18 Å². The van der Waals surface area contributed by atoms with Crippen LogP contribution in [0.2, 0.25) is 0 Å².